The zero-order valence-corrected chi connectivity index (χ0v) is 17.8. The van der Waals surface area contributed by atoms with Gasteiger partial charge in [-0.05, 0) is 30.0 Å². The van der Waals surface area contributed by atoms with Crippen molar-refractivity contribution in [1.82, 2.24) is 15.6 Å². The van der Waals surface area contributed by atoms with E-state index in [0.29, 0.717) is 36.5 Å². The molecule has 0 fully saturated rings. The van der Waals surface area contributed by atoms with Gasteiger partial charge in [-0.25, -0.2) is 14.6 Å². The van der Waals surface area contributed by atoms with Gasteiger partial charge in [-0.2, -0.15) is 0 Å². The fraction of sp³-hybridized carbons (Fsp3) is 0.364. The third kappa shape index (κ3) is 9.95. The number of ether oxygens (including phenoxy) is 1. The normalized spacial score (nSPS) is 11.4. The smallest absolute Gasteiger partial charge is 0.407 e. The number of carbonyl (C=O) groups is 3. The summed E-state index contributed by atoms with van der Waals surface area (Å²) in [6.07, 6.45) is 3.32. The number of nitrogens with zero attached hydrogens (tertiary/aromatic N) is 1. The number of halogens is 1. The molecular weight excluding hydrogens is 422 g/mol. The Labute approximate surface area is 186 Å². The fourth-order valence-corrected chi connectivity index (χ4v) is 2.89. The summed E-state index contributed by atoms with van der Waals surface area (Å²) < 4.78 is 5.11. The lowest BCUT2D eigenvalue weighted by atomic mass is 10.1. The van der Waals surface area contributed by atoms with Crippen LogP contribution in [0.4, 0.5) is 4.79 Å². The number of unbranched alkanes of at least 4 members (excludes halogenated alkanes) is 2. The zero-order chi connectivity index (χ0) is 22.5. The van der Waals surface area contributed by atoms with Gasteiger partial charge in [0, 0.05) is 25.6 Å². The van der Waals surface area contributed by atoms with Gasteiger partial charge >= 0.3 is 12.1 Å². The molecule has 0 spiro atoms. The van der Waals surface area contributed by atoms with Gasteiger partial charge in [0.25, 0.3) is 0 Å². The minimum Gasteiger partial charge on any atom is -0.480 e. The van der Waals surface area contributed by atoms with Crippen molar-refractivity contribution in [3.05, 3.63) is 64.9 Å². The molecule has 8 nitrogen and oxygen atoms in total. The van der Waals surface area contributed by atoms with Crippen LogP contribution in [0.5, 0.6) is 0 Å². The van der Waals surface area contributed by atoms with E-state index >= 15 is 0 Å². The Morgan fingerprint density at radius 2 is 1.81 bits per heavy atom. The van der Waals surface area contributed by atoms with E-state index in [-0.39, 0.29) is 25.4 Å². The molecule has 1 aromatic carbocycles. The fourth-order valence-electron chi connectivity index (χ4n) is 2.78. The lowest BCUT2D eigenvalue weighted by Crippen LogP contribution is -2.42. The summed E-state index contributed by atoms with van der Waals surface area (Å²) in [6.45, 7) is 0.653. The summed E-state index contributed by atoms with van der Waals surface area (Å²) in [4.78, 5) is 39.0. The number of benzene rings is 1. The molecule has 2 rings (SSSR count). The number of hydrogen-bond donors (Lipinski definition) is 3. The SMILES string of the molecule is O=C(CCCCCNC(=O)OCc1ccccc1)N[C@H](Cc1ccc(Cl)nc1)C(=O)O. The average molecular weight is 448 g/mol. The Morgan fingerprint density at radius 1 is 1.03 bits per heavy atom. The van der Waals surface area contributed by atoms with Crippen LogP contribution in [0, 0.1) is 0 Å². The summed E-state index contributed by atoms with van der Waals surface area (Å²) in [5.74, 6) is -1.44. The second kappa shape index (κ2) is 13.2. The monoisotopic (exact) mass is 447 g/mol. The quantitative estimate of drug-likeness (QED) is 0.339. The molecule has 0 saturated carbocycles. The first-order valence-electron chi connectivity index (χ1n) is 10.0. The Morgan fingerprint density at radius 3 is 2.48 bits per heavy atom. The Bertz CT molecular complexity index is 846. The number of carboxylic acids is 1. The summed E-state index contributed by atoms with van der Waals surface area (Å²) >= 11 is 5.72. The number of nitrogens with one attached hydrogen (secondary N) is 2. The van der Waals surface area contributed by atoms with Crippen molar-refractivity contribution >= 4 is 29.6 Å². The van der Waals surface area contributed by atoms with Crippen LogP contribution in [0.3, 0.4) is 0 Å². The second-order valence-electron chi connectivity index (χ2n) is 6.95. The van der Waals surface area contributed by atoms with Crippen molar-refractivity contribution in [3.63, 3.8) is 0 Å². The van der Waals surface area contributed by atoms with E-state index < -0.39 is 18.1 Å². The van der Waals surface area contributed by atoms with Crippen LogP contribution in [0.2, 0.25) is 5.15 Å². The largest absolute Gasteiger partial charge is 0.480 e. The van der Waals surface area contributed by atoms with Gasteiger partial charge in [0.2, 0.25) is 5.91 Å². The van der Waals surface area contributed by atoms with Crippen LogP contribution in [0.1, 0.15) is 36.8 Å². The molecule has 31 heavy (non-hydrogen) atoms. The van der Waals surface area contributed by atoms with Crippen molar-refractivity contribution < 1.29 is 24.2 Å². The number of alkyl carbamates (subject to hydrolysis) is 1. The van der Waals surface area contributed by atoms with Crippen LogP contribution in [-0.4, -0.2) is 40.6 Å². The number of pyridine rings is 1. The topological polar surface area (TPSA) is 118 Å². The van der Waals surface area contributed by atoms with E-state index in [9.17, 15) is 19.5 Å². The second-order valence-corrected chi connectivity index (χ2v) is 7.34. The molecule has 0 radical (unpaired) electrons. The Balaban J connectivity index is 1.57. The van der Waals surface area contributed by atoms with E-state index in [4.69, 9.17) is 16.3 Å². The van der Waals surface area contributed by atoms with E-state index in [1.165, 1.54) is 6.20 Å². The van der Waals surface area contributed by atoms with Gasteiger partial charge in [0.05, 0.1) is 0 Å². The van der Waals surface area contributed by atoms with Crippen molar-refractivity contribution in [3.8, 4) is 0 Å². The van der Waals surface area contributed by atoms with Crippen molar-refractivity contribution in [2.45, 2.75) is 44.8 Å². The Hall–Kier alpha value is -3.13. The molecule has 166 valence electrons. The molecule has 2 aromatic rings. The van der Waals surface area contributed by atoms with Crippen LogP contribution >= 0.6 is 11.6 Å². The number of hydrogen-bond acceptors (Lipinski definition) is 5. The van der Waals surface area contributed by atoms with E-state index in [1.54, 1.807) is 12.1 Å². The molecule has 0 unspecified atom stereocenters. The van der Waals surface area contributed by atoms with Crippen LogP contribution in [0.25, 0.3) is 0 Å². The summed E-state index contributed by atoms with van der Waals surface area (Å²) in [5, 5.41) is 14.8. The van der Waals surface area contributed by atoms with Gasteiger partial charge in [0.1, 0.15) is 17.8 Å². The lowest BCUT2D eigenvalue weighted by molar-refractivity contribution is -0.141. The molecule has 0 bridgehead atoms. The van der Waals surface area contributed by atoms with Crippen molar-refractivity contribution in [2.24, 2.45) is 0 Å². The van der Waals surface area contributed by atoms with Crippen LogP contribution < -0.4 is 10.6 Å². The van der Waals surface area contributed by atoms with Crippen molar-refractivity contribution in [2.75, 3.05) is 6.54 Å². The summed E-state index contributed by atoms with van der Waals surface area (Å²) in [6, 6.07) is 11.6. The molecule has 3 N–H and O–H groups in total. The van der Waals surface area contributed by atoms with Gasteiger partial charge in [0.15, 0.2) is 0 Å². The number of aromatic nitrogens is 1. The van der Waals surface area contributed by atoms with Gasteiger partial charge < -0.3 is 20.5 Å². The van der Waals surface area contributed by atoms with Crippen LogP contribution in [0.15, 0.2) is 48.7 Å². The van der Waals surface area contributed by atoms with E-state index in [1.807, 2.05) is 30.3 Å². The van der Waals surface area contributed by atoms with E-state index in [2.05, 4.69) is 15.6 Å². The number of carboxylic acid groups (broad SMARTS) is 1. The molecule has 0 aliphatic heterocycles. The minimum absolute atomic E-state index is 0.125. The molecule has 0 aliphatic rings. The first-order chi connectivity index (χ1) is 14.9. The standard InChI is InChI=1S/C22H26ClN3O5/c23-19-11-10-17(14-25-19)13-18(21(28)29)26-20(27)9-5-2-6-12-24-22(30)31-15-16-7-3-1-4-8-16/h1,3-4,7-8,10-11,14,18H,2,5-6,9,12-13,15H2,(H,24,30)(H,26,27)(H,28,29)/t18-/m1/s1. The highest BCUT2D eigenvalue weighted by atomic mass is 35.5. The first kappa shape index (κ1) is 24.1. The molecule has 0 aliphatic carbocycles. The Kier molecular flexibility index (Phi) is 10.3. The highest BCUT2D eigenvalue weighted by Gasteiger charge is 2.20. The maximum absolute atomic E-state index is 12.1. The highest BCUT2D eigenvalue weighted by molar-refractivity contribution is 6.29. The van der Waals surface area contributed by atoms with Crippen LogP contribution in [-0.2, 0) is 27.4 Å². The lowest BCUT2D eigenvalue weighted by Gasteiger charge is -2.14. The highest BCUT2D eigenvalue weighted by Crippen LogP contribution is 2.08. The zero-order valence-electron chi connectivity index (χ0n) is 17.1. The number of carbonyl (C=O) groups excluding carboxylic acids is 2. The average Bonchev–Trinajstić information content (AvgIpc) is 2.76. The number of rotatable bonds is 12. The predicted octanol–water partition coefficient (Wildman–Crippen LogP) is 3.33. The minimum atomic E-state index is -1.11. The maximum atomic E-state index is 12.1. The van der Waals surface area contributed by atoms with Gasteiger partial charge in [-0.1, -0.05) is 54.4 Å². The molecule has 0 saturated heterocycles. The number of aliphatic carboxylic acids is 1. The van der Waals surface area contributed by atoms with E-state index in [0.717, 1.165) is 5.56 Å². The number of amides is 2. The molecule has 9 heteroatoms. The summed E-state index contributed by atoms with van der Waals surface area (Å²) in [7, 11) is 0. The predicted molar refractivity (Wildman–Crippen MR) is 116 cm³/mol. The summed E-state index contributed by atoms with van der Waals surface area (Å²) in [5.41, 5.74) is 1.58. The molecular formula is C22H26ClN3O5. The third-order valence-corrected chi connectivity index (χ3v) is 4.65. The maximum Gasteiger partial charge on any atom is 0.407 e. The first-order valence-corrected chi connectivity index (χ1v) is 10.4. The molecule has 1 heterocycles. The van der Waals surface area contributed by atoms with Gasteiger partial charge in [-0.15, -0.1) is 0 Å². The van der Waals surface area contributed by atoms with Gasteiger partial charge in [-0.3, -0.25) is 4.79 Å². The third-order valence-electron chi connectivity index (χ3n) is 4.42. The van der Waals surface area contributed by atoms with Crippen molar-refractivity contribution in [1.29, 1.82) is 0 Å². The molecule has 2 amide bonds. The molecule has 1 aromatic heterocycles. The molecule has 1 atom stereocenters.